The van der Waals surface area contributed by atoms with E-state index in [1.807, 2.05) is 4.90 Å². The number of non-ortho nitro benzene ring substituents is 1. The summed E-state index contributed by atoms with van der Waals surface area (Å²) in [4.78, 5) is 37.5. The second kappa shape index (κ2) is 13.3. The van der Waals surface area contributed by atoms with Gasteiger partial charge in [-0.05, 0) is 36.8 Å². The van der Waals surface area contributed by atoms with Gasteiger partial charge in [-0.25, -0.2) is 4.79 Å². The van der Waals surface area contributed by atoms with E-state index in [1.165, 1.54) is 18.2 Å². The molecule has 0 aliphatic rings. The number of carbonyl (C=O) groups is 2. The number of hydrogen-bond donors (Lipinski definition) is 1. The first-order valence-corrected chi connectivity index (χ1v) is 10.9. The van der Waals surface area contributed by atoms with Crippen LogP contribution in [0.15, 0.2) is 48.2 Å². The molecule has 0 aromatic heterocycles. The van der Waals surface area contributed by atoms with E-state index in [-0.39, 0.29) is 28.6 Å². The Labute approximate surface area is 207 Å². The summed E-state index contributed by atoms with van der Waals surface area (Å²) in [6.07, 6.45) is 2.00. The van der Waals surface area contributed by atoms with Crippen LogP contribution in [0.3, 0.4) is 0 Å². The van der Waals surface area contributed by atoms with Gasteiger partial charge in [0.15, 0.2) is 0 Å². The Morgan fingerprint density at radius 2 is 1.77 bits per heavy atom. The van der Waals surface area contributed by atoms with E-state index in [0.717, 1.165) is 11.8 Å². The largest absolute Gasteiger partial charge is 0.461 e. The summed E-state index contributed by atoms with van der Waals surface area (Å²) in [7, 11) is 0. The Morgan fingerprint density at radius 3 is 2.31 bits per heavy atom. The first-order valence-electron chi connectivity index (χ1n) is 10.5. The number of rotatable bonds is 11. The van der Waals surface area contributed by atoms with Crippen LogP contribution in [0.1, 0.15) is 35.7 Å². The molecule has 0 atom stereocenters. The van der Waals surface area contributed by atoms with Gasteiger partial charge in [0.05, 0.1) is 47.1 Å². The number of carbonyl (C=O) groups excluding carboxylic acids is 2. The predicted octanol–water partition coefficient (Wildman–Crippen LogP) is 4.22. The highest BCUT2D eigenvalue weighted by molar-refractivity contribution is 6.34. The van der Waals surface area contributed by atoms with Gasteiger partial charge in [-0.15, -0.1) is 0 Å². The quantitative estimate of drug-likeness (QED) is 0.211. The van der Waals surface area contributed by atoms with E-state index in [4.69, 9.17) is 26.9 Å². The fourth-order valence-corrected chi connectivity index (χ4v) is 3.24. The Balaban J connectivity index is 2.33. The molecular weight excluding hydrogens is 474 g/mol. The van der Waals surface area contributed by atoms with Crippen LogP contribution in [-0.2, 0) is 9.53 Å². The molecule has 1 N–H and O–H groups in total. The molecule has 0 fully saturated rings. The molecule has 0 bridgehead atoms. The summed E-state index contributed by atoms with van der Waals surface area (Å²) >= 11 is 6.04. The lowest BCUT2D eigenvalue weighted by Gasteiger charge is -2.22. The van der Waals surface area contributed by atoms with Crippen molar-refractivity contribution in [2.24, 2.45) is 0 Å². The van der Waals surface area contributed by atoms with Crippen molar-refractivity contribution in [3.63, 3.8) is 0 Å². The zero-order valence-corrected chi connectivity index (χ0v) is 19.6. The van der Waals surface area contributed by atoms with Crippen LogP contribution in [0.4, 0.5) is 11.4 Å². The minimum absolute atomic E-state index is 0.0181. The lowest BCUT2D eigenvalue weighted by atomic mass is 10.1. The van der Waals surface area contributed by atoms with Gasteiger partial charge in [0.1, 0.15) is 5.70 Å². The lowest BCUT2D eigenvalue weighted by Crippen LogP contribution is -2.29. The van der Waals surface area contributed by atoms with Crippen LogP contribution in [-0.4, -0.2) is 36.5 Å². The van der Waals surface area contributed by atoms with Crippen molar-refractivity contribution in [1.29, 1.82) is 10.5 Å². The molecular formula is C24H22ClN5O5. The van der Waals surface area contributed by atoms with Crippen molar-refractivity contribution in [2.75, 3.05) is 24.6 Å². The third-order valence-electron chi connectivity index (χ3n) is 4.71. The minimum Gasteiger partial charge on any atom is -0.461 e. The lowest BCUT2D eigenvalue weighted by molar-refractivity contribution is -0.384. The van der Waals surface area contributed by atoms with Crippen LogP contribution in [0.25, 0.3) is 6.08 Å². The van der Waals surface area contributed by atoms with Crippen LogP contribution >= 0.6 is 11.6 Å². The van der Waals surface area contributed by atoms with E-state index in [1.54, 1.807) is 31.2 Å². The third-order valence-corrected chi connectivity index (χ3v) is 5.03. The van der Waals surface area contributed by atoms with Crippen LogP contribution < -0.4 is 10.2 Å². The monoisotopic (exact) mass is 495 g/mol. The van der Waals surface area contributed by atoms with E-state index in [2.05, 4.69) is 17.5 Å². The maximum atomic E-state index is 12.8. The number of nitrogens with one attached hydrogen (secondary N) is 1. The van der Waals surface area contributed by atoms with Crippen molar-refractivity contribution in [3.8, 4) is 12.1 Å². The Morgan fingerprint density at radius 1 is 1.14 bits per heavy atom. The van der Waals surface area contributed by atoms with Crippen molar-refractivity contribution in [2.45, 2.75) is 19.8 Å². The first-order chi connectivity index (χ1) is 16.8. The zero-order valence-electron chi connectivity index (χ0n) is 18.9. The summed E-state index contributed by atoms with van der Waals surface area (Å²) in [5.41, 5.74) is 0.671. The van der Waals surface area contributed by atoms with Crippen molar-refractivity contribution >= 4 is 40.9 Å². The average molecular weight is 496 g/mol. The topological polar surface area (TPSA) is 149 Å². The van der Waals surface area contributed by atoms with Gasteiger partial charge in [0.25, 0.3) is 11.6 Å². The molecule has 180 valence electrons. The van der Waals surface area contributed by atoms with Crippen LogP contribution in [0.5, 0.6) is 0 Å². The average Bonchev–Trinajstić information content (AvgIpc) is 2.84. The second-order valence-electron chi connectivity index (χ2n) is 7.05. The number of anilines is 1. The fourth-order valence-electron chi connectivity index (χ4n) is 3.03. The molecule has 2 aromatic carbocycles. The van der Waals surface area contributed by atoms with Gasteiger partial charge < -0.3 is 15.0 Å². The molecule has 0 saturated carbocycles. The van der Waals surface area contributed by atoms with Gasteiger partial charge in [0, 0.05) is 30.9 Å². The predicted molar refractivity (Wildman–Crippen MR) is 129 cm³/mol. The number of nitro groups is 1. The summed E-state index contributed by atoms with van der Waals surface area (Å²) < 4.78 is 5.02. The highest BCUT2D eigenvalue weighted by atomic mass is 35.5. The number of nitro benzene ring substituents is 1. The van der Waals surface area contributed by atoms with E-state index in [9.17, 15) is 19.7 Å². The highest BCUT2D eigenvalue weighted by Gasteiger charge is 2.20. The Bertz CT molecular complexity index is 1180. The SMILES string of the molecule is CCOC(=O)/C(=C\c1ccc(N(CCC#N)CCC#N)cc1)NC(=O)c1cc([N+](=O)[O-])ccc1Cl. The number of halogens is 1. The van der Waals surface area contributed by atoms with Crippen molar-refractivity contribution < 1.29 is 19.2 Å². The molecule has 0 heterocycles. The Kier molecular flexibility index (Phi) is 10.2. The molecule has 35 heavy (non-hydrogen) atoms. The molecule has 2 aromatic rings. The normalized spacial score (nSPS) is 10.6. The smallest absolute Gasteiger partial charge is 0.354 e. The molecule has 0 spiro atoms. The molecule has 2 rings (SSSR count). The van der Waals surface area contributed by atoms with E-state index >= 15 is 0 Å². The number of ether oxygens (including phenoxy) is 1. The van der Waals surface area contributed by atoms with Gasteiger partial charge >= 0.3 is 5.97 Å². The molecule has 10 nitrogen and oxygen atoms in total. The van der Waals surface area contributed by atoms with Crippen molar-refractivity contribution in [3.05, 3.63) is 74.4 Å². The number of nitriles is 2. The fraction of sp³-hybridized carbons (Fsp3) is 0.250. The van der Waals surface area contributed by atoms with Gasteiger partial charge in [-0.2, -0.15) is 10.5 Å². The molecule has 11 heteroatoms. The second-order valence-corrected chi connectivity index (χ2v) is 7.46. The Hall–Kier alpha value is -4.41. The number of benzene rings is 2. The number of hydrogen-bond acceptors (Lipinski definition) is 8. The molecule has 0 aliphatic heterocycles. The summed E-state index contributed by atoms with van der Waals surface area (Å²) in [6.45, 7) is 2.60. The molecule has 0 saturated heterocycles. The van der Waals surface area contributed by atoms with Gasteiger partial charge in [0.2, 0.25) is 0 Å². The third kappa shape index (κ3) is 7.84. The standard InChI is InChI=1S/C24H22ClN5O5/c1-2-35-24(32)22(28-23(31)20-16-19(30(33)34)9-10-21(20)25)15-17-5-7-18(8-6-17)29(13-3-11-26)14-4-12-27/h5-10,15-16H,2-4,13-14H2,1H3,(H,28,31)/b22-15+. The maximum absolute atomic E-state index is 12.8. The number of nitrogens with zero attached hydrogens (tertiary/aromatic N) is 4. The molecule has 0 radical (unpaired) electrons. The van der Waals surface area contributed by atoms with Crippen molar-refractivity contribution in [1.82, 2.24) is 5.32 Å². The number of amides is 1. The van der Waals surface area contributed by atoms with Crippen LogP contribution in [0.2, 0.25) is 5.02 Å². The van der Waals surface area contributed by atoms with Crippen LogP contribution in [0, 0.1) is 32.8 Å². The zero-order chi connectivity index (χ0) is 25.8. The number of esters is 1. The molecule has 1 amide bonds. The van der Waals surface area contributed by atoms with E-state index < -0.39 is 16.8 Å². The maximum Gasteiger partial charge on any atom is 0.354 e. The van der Waals surface area contributed by atoms with E-state index in [0.29, 0.717) is 31.5 Å². The molecule has 0 aliphatic carbocycles. The first kappa shape index (κ1) is 26.8. The van der Waals surface area contributed by atoms with Gasteiger partial charge in [-0.1, -0.05) is 23.7 Å². The minimum atomic E-state index is -0.811. The van der Waals surface area contributed by atoms with Gasteiger partial charge in [-0.3, -0.25) is 14.9 Å². The molecule has 0 unspecified atom stereocenters. The summed E-state index contributed by atoms with van der Waals surface area (Å²) in [5.74, 6) is -1.61. The summed E-state index contributed by atoms with van der Waals surface area (Å²) in [5, 5.41) is 31.2. The summed E-state index contributed by atoms with van der Waals surface area (Å²) in [6, 6.07) is 14.5. The highest BCUT2D eigenvalue weighted by Crippen LogP contribution is 2.23.